The van der Waals surface area contributed by atoms with Gasteiger partial charge in [0.05, 0.1) is 0 Å². The molecule has 0 aliphatic heterocycles. The molecule has 0 bridgehead atoms. The van der Waals surface area contributed by atoms with Gasteiger partial charge in [-0.25, -0.2) is 0 Å². The minimum Gasteiger partial charge on any atom is -0.471 e. The van der Waals surface area contributed by atoms with Crippen molar-refractivity contribution in [2.24, 2.45) is 0 Å². The Morgan fingerprint density at radius 3 is 0.867 bits per heavy atom. The van der Waals surface area contributed by atoms with Crippen molar-refractivity contribution < 1.29 is 9.47 Å². The molecule has 3 rings (SSSR count). The molecule has 30 heavy (non-hydrogen) atoms. The predicted molar refractivity (Wildman–Crippen MR) is 160 cm³/mol. The van der Waals surface area contributed by atoms with Crippen LogP contribution in [0.1, 0.15) is 0 Å². The van der Waals surface area contributed by atoms with Gasteiger partial charge in [-0.3, -0.25) is 0 Å². The minimum atomic E-state index is -1.17. The van der Waals surface area contributed by atoms with Gasteiger partial charge in [0.15, 0.2) is 12.9 Å². The van der Waals surface area contributed by atoms with E-state index in [1.54, 1.807) is 0 Å². The molecule has 0 heterocycles. The van der Waals surface area contributed by atoms with E-state index < -0.39 is 22.0 Å². The third-order valence-electron chi connectivity index (χ3n) is 4.41. The number of hydrogen-bond donors (Lipinski definition) is 0. The molecule has 0 unspecified atom stereocenters. The number of hydrogen-bond acceptors (Lipinski definition) is 2. The van der Waals surface area contributed by atoms with Crippen LogP contribution in [0.3, 0.4) is 0 Å². The Labute approximate surface area is 259 Å². The lowest BCUT2D eigenvalue weighted by atomic mass is 9.92. The van der Waals surface area contributed by atoms with Gasteiger partial charge < -0.3 is 9.47 Å². The molecule has 0 atom stereocenters. The highest BCUT2D eigenvalue weighted by atomic mass is 79.9. The van der Waals surface area contributed by atoms with Gasteiger partial charge in [0.1, 0.15) is 11.5 Å². The summed E-state index contributed by atoms with van der Waals surface area (Å²) in [6.07, 6.45) is 0. The largest absolute Gasteiger partial charge is 0.471 e. The highest BCUT2D eigenvalue weighted by Gasteiger charge is 2.88. The second-order valence-corrected chi connectivity index (χ2v) is 22.3. The summed E-state index contributed by atoms with van der Waals surface area (Å²) in [5.41, 5.74) is 0. The lowest BCUT2D eigenvalue weighted by molar-refractivity contribution is 0.0503. The van der Waals surface area contributed by atoms with Crippen LogP contribution in [0.4, 0.5) is 0 Å². The maximum Gasteiger partial charge on any atom is 0.217 e. The maximum atomic E-state index is 6.52. The van der Waals surface area contributed by atoms with Crippen molar-refractivity contribution >= 4 is 159 Å². The van der Waals surface area contributed by atoms with Gasteiger partial charge in [0, 0.05) is 0 Å². The number of para-hydroxylation sites is 2. The quantitative estimate of drug-likeness (QED) is 0.284. The van der Waals surface area contributed by atoms with E-state index in [1.807, 2.05) is 60.7 Å². The van der Waals surface area contributed by atoms with E-state index in [4.69, 9.17) is 9.47 Å². The van der Waals surface area contributed by atoms with Crippen LogP contribution < -0.4 is 9.47 Å². The van der Waals surface area contributed by atoms with Gasteiger partial charge in [-0.1, -0.05) is 164 Å². The van der Waals surface area contributed by atoms with Crippen molar-refractivity contribution in [2.45, 2.75) is 22.0 Å². The van der Waals surface area contributed by atoms with Gasteiger partial charge in [0.2, 0.25) is 9.02 Å². The molecule has 1 saturated carbocycles. The maximum absolute atomic E-state index is 6.52. The smallest absolute Gasteiger partial charge is 0.217 e. The third kappa shape index (κ3) is 4.00. The number of benzene rings is 2. The lowest BCUT2D eigenvalue weighted by Crippen LogP contribution is -2.82. The van der Waals surface area contributed by atoms with Crippen LogP contribution >= 0.6 is 159 Å². The SMILES string of the molecule is BrC1(Br)C(Br)(Br)C(Br)(Oc2ccccc2)C(Br)(Br)C(Br)(Br)C1(Br)Oc1ccccc1. The van der Waals surface area contributed by atoms with Crippen LogP contribution in [0, 0.1) is 0 Å². The van der Waals surface area contributed by atoms with E-state index in [0.29, 0.717) is 11.5 Å². The summed E-state index contributed by atoms with van der Waals surface area (Å²) in [6.45, 7) is 0. The first-order chi connectivity index (χ1) is 13.7. The summed E-state index contributed by atoms with van der Waals surface area (Å²) in [4.78, 5) is 0. The van der Waals surface area contributed by atoms with Crippen molar-refractivity contribution in [3.05, 3.63) is 60.7 Å². The van der Waals surface area contributed by atoms with Gasteiger partial charge in [0.25, 0.3) is 0 Å². The van der Waals surface area contributed by atoms with Crippen LogP contribution in [0.15, 0.2) is 60.7 Å². The molecule has 2 aromatic rings. The molecule has 0 saturated heterocycles. The monoisotopic (exact) mass is 1050 g/mol. The molecule has 0 radical (unpaired) electrons. The van der Waals surface area contributed by atoms with E-state index in [-0.39, 0.29) is 0 Å². The van der Waals surface area contributed by atoms with Crippen LogP contribution in [-0.4, -0.2) is 22.0 Å². The molecule has 1 aliphatic carbocycles. The first kappa shape index (κ1) is 27.4. The fraction of sp³-hybridized carbons (Fsp3) is 0.333. The van der Waals surface area contributed by atoms with Gasteiger partial charge in [-0.15, -0.1) is 0 Å². The average Bonchev–Trinajstić information content (AvgIpc) is 2.67. The summed E-state index contributed by atoms with van der Waals surface area (Å²) in [5.74, 6) is 1.30. The van der Waals surface area contributed by atoms with Crippen molar-refractivity contribution in [2.75, 3.05) is 0 Å². The first-order valence-electron chi connectivity index (χ1n) is 8.03. The second kappa shape index (κ2) is 9.37. The molecular formula is C18H10Br10O2. The van der Waals surface area contributed by atoms with Gasteiger partial charge in [-0.2, -0.15) is 0 Å². The summed E-state index contributed by atoms with van der Waals surface area (Å²) < 4.78 is 6.55. The molecule has 0 amide bonds. The van der Waals surface area contributed by atoms with Crippen molar-refractivity contribution in [1.82, 2.24) is 0 Å². The van der Waals surface area contributed by atoms with Gasteiger partial charge >= 0.3 is 0 Å². The standard InChI is InChI=1S/C18H10Br10O2/c19-13(20)15(23,24)18(28,30-12-9-5-2-6-10-12)16(25,26)14(21,22)17(13,27)29-11-7-3-1-4-8-11/h1-10H. The molecule has 0 N–H and O–H groups in total. The zero-order valence-corrected chi connectivity index (χ0v) is 30.2. The van der Waals surface area contributed by atoms with Crippen molar-refractivity contribution in [1.29, 1.82) is 0 Å². The van der Waals surface area contributed by atoms with Gasteiger partial charge in [-0.05, 0) is 56.1 Å². The number of alkyl halides is 10. The minimum absolute atomic E-state index is 0.651. The molecule has 12 heteroatoms. The average molecular weight is 1060 g/mol. The number of halogens is 10. The van der Waals surface area contributed by atoms with E-state index in [1.165, 1.54) is 0 Å². The van der Waals surface area contributed by atoms with Crippen LogP contribution in [0.2, 0.25) is 0 Å². The summed E-state index contributed by atoms with van der Waals surface area (Å²) >= 11 is 38.5. The zero-order chi connectivity index (χ0) is 22.6. The van der Waals surface area contributed by atoms with Crippen molar-refractivity contribution in [3.8, 4) is 11.5 Å². The van der Waals surface area contributed by atoms with Crippen molar-refractivity contribution in [3.63, 3.8) is 0 Å². The number of rotatable bonds is 4. The molecular weight excluding hydrogens is 1050 g/mol. The predicted octanol–water partition coefficient (Wildman–Crippen LogP) is 10.3. The zero-order valence-electron chi connectivity index (χ0n) is 14.4. The molecule has 2 nitrogen and oxygen atoms in total. The third-order valence-corrected chi connectivity index (χ3v) is 24.8. The molecule has 0 aromatic heterocycles. The topological polar surface area (TPSA) is 18.5 Å². The molecule has 0 spiro atoms. The fourth-order valence-corrected chi connectivity index (χ4v) is 13.8. The van der Waals surface area contributed by atoms with Crippen LogP contribution in [0.25, 0.3) is 0 Å². The fourth-order valence-electron chi connectivity index (χ4n) is 2.76. The van der Waals surface area contributed by atoms with E-state index in [0.717, 1.165) is 0 Å². The Morgan fingerprint density at radius 1 is 0.400 bits per heavy atom. The summed E-state index contributed by atoms with van der Waals surface area (Å²) in [7, 11) is 0. The molecule has 1 fully saturated rings. The second-order valence-electron chi connectivity index (χ2n) is 6.32. The number of ether oxygens (including phenoxy) is 2. The Bertz CT molecular complexity index is 798. The first-order valence-corrected chi connectivity index (χ1v) is 16.0. The Morgan fingerprint density at radius 2 is 0.633 bits per heavy atom. The highest BCUT2D eigenvalue weighted by molar-refractivity contribution is 9.33. The van der Waals surface area contributed by atoms with E-state index in [2.05, 4.69) is 159 Å². The summed E-state index contributed by atoms with van der Waals surface area (Å²) in [5, 5.41) is 0. The van der Waals surface area contributed by atoms with E-state index >= 15 is 0 Å². The normalized spacial score (nSPS) is 31.0. The van der Waals surface area contributed by atoms with E-state index in [9.17, 15) is 0 Å². The molecule has 1 aliphatic rings. The highest BCUT2D eigenvalue weighted by Crippen LogP contribution is 2.80. The Balaban J connectivity index is 2.21. The lowest BCUT2D eigenvalue weighted by Gasteiger charge is -2.65. The Kier molecular flexibility index (Phi) is 8.57. The van der Waals surface area contributed by atoms with Crippen LogP contribution in [0.5, 0.6) is 11.5 Å². The molecule has 2 aromatic carbocycles. The Hall–Kier alpha value is 2.84. The summed E-state index contributed by atoms with van der Waals surface area (Å²) in [6, 6.07) is 19.0. The van der Waals surface area contributed by atoms with Crippen LogP contribution in [-0.2, 0) is 0 Å². The molecule has 164 valence electrons.